The average molecular weight is 1140 g/mol. The highest BCUT2D eigenvalue weighted by Crippen LogP contribution is 2.30. The maximum absolute atomic E-state index is 13.3. The van der Waals surface area contributed by atoms with Crippen LogP contribution >= 0.6 is 0 Å². The summed E-state index contributed by atoms with van der Waals surface area (Å²) in [6.45, 7) is 2.68. The topological polar surface area (TPSA) is 228 Å². The summed E-state index contributed by atoms with van der Waals surface area (Å²) < 4.78 is 22.8. The summed E-state index contributed by atoms with van der Waals surface area (Å²) in [5.41, 5.74) is 0. The Morgan fingerprint density at radius 3 is 1.31 bits per heavy atom. The molecule has 1 amide bonds. The second-order valence-corrected chi connectivity index (χ2v) is 22.2. The van der Waals surface area contributed by atoms with Crippen LogP contribution in [0, 0.1) is 0 Å². The molecule has 14 nitrogen and oxygen atoms in total. The number of rotatable bonds is 50. The van der Waals surface area contributed by atoms with Crippen LogP contribution in [0.1, 0.15) is 226 Å². The fraction of sp³-hybridized carbons (Fsp3) is 0.746. The second kappa shape index (κ2) is 51.3. The fourth-order valence-electron chi connectivity index (χ4n) is 9.92. The van der Waals surface area contributed by atoms with Crippen LogP contribution in [-0.4, -0.2) is 140 Å². The van der Waals surface area contributed by atoms with Crippen molar-refractivity contribution in [2.45, 2.75) is 299 Å². The van der Waals surface area contributed by atoms with Crippen LogP contribution in [-0.2, 0) is 23.7 Å². The van der Waals surface area contributed by atoms with E-state index < -0.39 is 86.8 Å². The van der Waals surface area contributed by atoms with E-state index in [0.717, 1.165) is 103 Å². The summed E-state index contributed by atoms with van der Waals surface area (Å²) >= 11 is 0. The third kappa shape index (κ3) is 36.4. The molecule has 2 fully saturated rings. The number of hydrogen-bond donors (Lipinski definition) is 9. The van der Waals surface area contributed by atoms with Crippen molar-refractivity contribution < 1.29 is 64.6 Å². The quantitative estimate of drug-likeness (QED) is 0.0204. The smallest absolute Gasteiger partial charge is 0.220 e. The molecule has 466 valence electrons. The lowest BCUT2D eigenvalue weighted by Gasteiger charge is -2.46. The van der Waals surface area contributed by atoms with Crippen molar-refractivity contribution in [3.8, 4) is 0 Å². The predicted molar refractivity (Wildman–Crippen MR) is 327 cm³/mol. The van der Waals surface area contributed by atoms with Crippen molar-refractivity contribution in [1.29, 1.82) is 0 Å². The zero-order chi connectivity index (χ0) is 58.8. The van der Waals surface area contributed by atoms with Gasteiger partial charge in [-0.15, -0.1) is 0 Å². The first kappa shape index (κ1) is 74.0. The largest absolute Gasteiger partial charge is 0.394 e. The monoisotopic (exact) mass is 1140 g/mol. The zero-order valence-corrected chi connectivity index (χ0v) is 50.2. The first-order chi connectivity index (χ1) is 39.6. The number of aliphatic hydroxyl groups is 8. The molecule has 9 N–H and O–H groups in total. The van der Waals surface area contributed by atoms with E-state index in [-0.39, 0.29) is 18.9 Å². The lowest BCUT2D eigenvalue weighted by atomic mass is 9.97. The first-order valence-corrected chi connectivity index (χ1v) is 32.0. The fourth-order valence-corrected chi connectivity index (χ4v) is 9.92. The SMILES string of the molecule is CC/C=C\C/C=C\C/C=C\C/C=C\C/C=C\C/C=C\C/C=C\CCCCCCCCCC(=O)NC(COC1OC(CO)C(OC2OC(CO)C(O)C(O)C2O)C(O)C1O)C(O)/C=C/CCCCCCCCCCCCCCCCCC. The molecule has 0 aliphatic carbocycles. The van der Waals surface area contributed by atoms with Crippen molar-refractivity contribution in [3.63, 3.8) is 0 Å². The Kier molecular flexibility index (Phi) is 46.9. The van der Waals surface area contributed by atoms with Gasteiger partial charge in [-0.3, -0.25) is 4.79 Å². The van der Waals surface area contributed by atoms with Crippen LogP contribution < -0.4 is 5.32 Å². The average Bonchev–Trinajstić information content (AvgIpc) is 3.47. The van der Waals surface area contributed by atoms with E-state index in [4.69, 9.17) is 18.9 Å². The highest BCUT2D eigenvalue weighted by molar-refractivity contribution is 5.76. The number of allylic oxidation sites excluding steroid dienone is 15. The van der Waals surface area contributed by atoms with Gasteiger partial charge in [-0.05, 0) is 77.0 Å². The summed E-state index contributed by atoms with van der Waals surface area (Å²) in [5, 5.41) is 87.2. The molecule has 2 saturated heterocycles. The van der Waals surface area contributed by atoms with E-state index in [9.17, 15) is 45.6 Å². The van der Waals surface area contributed by atoms with E-state index in [1.54, 1.807) is 6.08 Å². The third-order valence-corrected chi connectivity index (χ3v) is 15.0. The van der Waals surface area contributed by atoms with Crippen LogP contribution in [0.2, 0.25) is 0 Å². The molecule has 0 aromatic rings. The Labute approximate surface area is 490 Å². The van der Waals surface area contributed by atoms with Crippen molar-refractivity contribution in [3.05, 3.63) is 97.2 Å². The van der Waals surface area contributed by atoms with Crippen LogP contribution in [0.5, 0.6) is 0 Å². The minimum Gasteiger partial charge on any atom is -0.394 e. The molecule has 2 aliphatic heterocycles. The molecule has 0 radical (unpaired) electrons. The molecule has 0 aromatic heterocycles. The summed E-state index contributed by atoms with van der Waals surface area (Å²) in [6, 6.07) is -0.928. The Morgan fingerprint density at radius 2 is 0.852 bits per heavy atom. The lowest BCUT2D eigenvalue weighted by Crippen LogP contribution is -2.65. The van der Waals surface area contributed by atoms with Gasteiger partial charge in [0.25, 0.3) is 0 Å². The number of ether oxygens (including phenoxy) is 4. The third-order valence-electron chi connectivity index (χ3n) is 15.0. The highest BCUT2D eigenvalue weighted by atomic mass is 16.7. The number of carbonyl (C=O) groups excluding carboxylic acids is 1. The van der Waals surface area contributed by atoms with E-state index in [2.05, 4.69) is 104 Å². The lowest BCUT2D eigenvalue weighted by molar-refractivity contribution is -0.359. The Morgan fingerprint density at radius 1 is 0.457 bits per heavy atom. The van der Waals surface area contributed by atoms with Gasteiger partial charge in [0.1, 0.15) is 48.8 Å². The standard InChI is InChI=1S/C67H115NO13/c1-3-5-7-9-11-13-15-17-19-21-23-24-25-26-27-28-29-30-31-32-33-35-37-39-41-43-45-47-49-51-59(72)68-55(56(71)50-48-46-44-42-40-38-36-34-22-20-18-16-14-12-10-8-6-4-2)54-78-66-64(77)62(75)65(58(53-70)80-66)81-67-63(76)61(74)60(73)57(52-69)79-67/h5,7,11,13,17,19,23-24,26-27,29-30,32-33,48,50,55-58,60-67,69-71,73-77H,3-4,6,8-10,12,14-16,18,20-22,25,28,31,34-47,49,51-54H2,1-2H3,(H,68,72)/b7-5-,13-11-,19-17-,24-23-,27-26-,30-29-,33-32-,50-48+. The predicted octanol–water partition coefficient (Wildman–Crippen LogP) is 11.8. The van der Waals surface area contributed by atoms with Crippen LogP contribution in [0.25, 0.3) is 0 Å². The molecule has 12 unspecified atom stereocenters. The zero-order valence-electron chi connectivity index (χ0n) is 50.2. The van der Waals surface area contributed by atoms with Crippen LogP contribution in [0.15, 0.2) is 97.2 Å². The second-order valence-electron chi connectivity index (χ2n) is 22.2. The van der Waals surface area contributed by atoms with Crippen molar-refractivity contribution in [1.82, 2.24) is 5.32 Å². The molecule has 2 aliphatic rings. The Hall–Kier alpha value is -3.09. The summed E-state index contributed by atoms with van der Waals surface area (Å²) in [4.78, 5) is 13.3. The molecule has 0 spiro atoms. The van der Waals surface area contributed by atoms with Gasteiger partial charge in [-0.25, -0.2) is 0 Å². The van der Waals surface area contributed by atoms with Crippen molar-refractivity contribution in [2.75, 3.05) is 19.8 Å². The van der Waals surface area contributed by atoms with E-state index >= 15 is 0 Å². The number of carbonyl (C=O) groups is 1. The van der Waals surface area contributed by atoms with Crippen molar-refractivity contribution >= 4 is 5.91 Å². The molecule has 2 heterocycles. The molecule has 81 heavy (non-hydrogen) atoms. The molecular formula is C67H115NO13. The van der Waals surface area contributed by atoms with Gasteiger partial charge in [-0.2, -0.15) is 0 Å². The highest BCUT2D eigenvalue weighted by Gasteiger charge is 2.51. The number of unbranched alkanes of at least 4 members (excludes halogenated alkanes) is 23. The first-order valence-electron chi connectivity index (χ1n) is 32.0. The van der Waals surface area contributed by atoms with Gasteiger partial charge >= 0.3 is 0 Å². The van der Waals surface area contributed by atoms with Gasteiger partial charge in [-0.1, -0.05) is 239 Å². The van der Waals surface area contributed by atoms with Gasteiger partial charge in [0.05, 0.1) is 32.0 Å². The minimum atomic E-state index is -1.79. The molecule has 12 atom stereocenters. The van der Waals surface area contributed by atoms with Crippen LogP contribution in [0.3, 0.4) is 0 Å². The number of aliphatic hydroxyl groups excluding tert-OH is 8. The van der Waals surface area contributed by atoms with Gasteiger partial charge in [0, 0.05) is 6.42 Å². The minimum absolute atomic E-state index is 0.254. The Balaban J connectivity index is 1.73. The summed E-state index contributed by atoms with van der Waals surface area (Å²) in [5.74, 6) is -0.254. The maximum Gasteiger partial charge on any atom is 0.220 e. The maximum atomic E-state index is 13.3. The van der Waals surface area contributed by atoms with Gasteiger partial charge in [0.15, 0.2) is 12.6 Å². The van der Waals surface area contributed by atoms with E-state index in [1.807, 2.05) is 6.08 Å². The van der Waals surface area contributed by atoms with Gasteiger partial charge in [0.2, 0.25) is 5.91 Å². The molecule has 0 bridgehead atoms. The molecule has 2 rings (SSSR count). The normalized spacial score (nSPS) is 24.8. The summed E-state index contributed by atoms with van der Waals surface area (Å²) in [7, 11) is 0. The molecule has 0 saturated carbocycles. The van der Waals surface area contributed by atoms with Crippen LogP contribution in [0.4, 0.5) is 0 Å². The van der Waals surface area contributed by atoms with Crippen molar-refractivity contribution in [2.24, 2.45) is 0 Å². The van der Waals surface area contributed by atoms with Gasteiger partial charge < -0.3 is 65.1 Å². The van der Waals surface area contributed by atoms with E-state index in [1.165, 1.54) is 96.3 Å². The molecule has 0 aromatic carbocycles. The number of amides is 1. The Bertz CT molecular complexity index is 1730. The number of nitrogens with one attached hydrogen (secondary N) is 1. The molecular weight excluding hydrogens is 1030 g/mol. The molecule has 14 heteroatoms. The van der Waals surface area contributed by atoms with E-state index in [0.29, 0.717) is 6.42 Å². The summed E-state index contributed by atoms with van der Waals surface area (Å²) in [6.07, 6.45) is 54.3. The number of hydrogen-bond acceptors (Lipinski definition) is 13.